The van der Waals surface area contributed by atoms with Crippen molar-refractivity contribution in [3.8, 4) is 0 Å². The number of sulfonamides is 1. The maximum Gasteiger partial charge on any atom is 0.255 e. The highest BCUT2D eigenvalue weighted by molar-refractivity contribution is 9.10. The molecule has 2 heterocycles. The normalized spacial score (nSPS) is 16.3. The second-order valence-corrected chi connectivity index (χ2v) is 9.97. The van der Waals surface area contributed by atoms with Crippen LogP contribution in [-0.4, -0.2) is 49.7 Å². The number of benzene rings is 1. The predicted molar refractivity (Wildman–Crippen MR) is 98.1 cm³/mol. The second-order valence-electron chi connectivity index (χ2n) is 5.23. The van der Waals surface area contributed by atoms with Crippen molar-refractivity contribution in [3.05, 3.63) is 50.8 Å². The summed E-state index contributed by atoms with van der Waals surface area (Å²) in [5, 5.41) is 0. The Hall–Kier alpha value is -0.930. The number of rotatable bonds is 3. The maximum atomic E-state index is 12.6. The molecule has 128 valence electrons. The number of hydrogen-bond acceptors (Lipinski definition) is 4. The first kappa shape index (κ1) is 17.9. The number of piperazine rings is 1. The van der Waals surface area contributed by atoms with Gasteiger partial charge in [-0.2, -0.15) is 4.31 Å². The number of thiophene rings is 1. The van der Waals surface area contributed by atoms with Crippen LogP contribution >= 0.6 is 38.9 Å². The van der Waals surface area contributed by atoms with Crippen LogP contribution in [0.4, 0.5) is 0 Å². The fourth-order valence-corrected chi connectivity index (χ4v) is 6.01. The average molecular weight is 450 g/mol. The van der Waals surface area contributed by atoms with E-state index >= 15 is 0 Å². The molecule has 9 heteroatoms. The standard InChI is InChI=1S/C15H14BrClN2O3S2/c16-12-4-2-1-3-11(12)15(20)18-7-9-19(10-8-18)24(21,22)14-6-5-13(17)23-14/h1-6H,7-10H2. The molecule has 0 bridgehead atoms. The lowest BCUT2D eigenvalue weighted by Gasteiger charge is -2.33. The zero-order valence-corrected chi connectivity index (χ0v) is 16.5. The summed E-state index contributed by atoms with van der Waals surface area (Å²) in [7, 11) is -3.54. The van der Waals surface area contributed by atoms with Crippen molar-refractivity contribution < 1.29 is 13.2 Å². The minimum absolute atomic E-state index is 0.0984. The highest BCUT2D eigenvalue weighted by atomic mass is 79.9. The number of carbonyl (C=O) groups excluding carboxylic acids is 1. The monoisotopic (exact) mass is 448 g/mol. The summed E-state index contributed by atoms with van der Waals surface area (Å²) < 4.78 is 27.9. The second kappa shape index (κ2) is 7.13. The Morgan fingerprint density at radius 3 is 2.33 bits per heavy atom. The first-order valence-corrected chi connectivity index (χ1v) is 10.6. The van der Waals surface area contributed by atoms with Crippen LogP contribution in [0.3, 0.4) is 0 Å². The van der Waals surface area contributed by atoms with Gasteiger partial charge in [0.25, 0.3) is 15.9 Å². The summed E-state index contributed by atoms with van der Waals surface area (Å²) in [4.78, 5) is 14.2. The van der Waals surface area contributed by atoms with Gasteiger partial charge in [0.05, 0.1) is 9.90 Å². The van der Waals surface area contributed by atoms with Crippen molar-refractivity contribution >= 4 is 54.8 Å². The Labute approximate surface area is 158 Å². The molecule has 1 aliphatic heterocycles. The van der Waals surface area contributed by atoms with Crippen LogP contribution in [0.15, 0.2) is 45.1 Å². The summed E-state index contributed by atoms with van der Waals surface area (Å²) in [5.74, 6) is -0.0984. The van der Waals surface area contributed by atoms with Crippen LogP contribution in [0, 0.1) is 0 Å². The van der Waals surface area contributed by atoms with Gasteiger partial charge in [-0.25, -0.2) is 8.42 Å². The zero-order chi connectivity index (χ0) is 17.3. The Morgan fingerprint density at radius 2 is 1.75 bits per heavy atom. The third-order valence-electron chi connectivity index (χ3n) is 3.77. The topological polar surface area (TPSA) is 57.7 Å². The Kier molecular flexibility index (Phi) is 5.31. The number of amides is 1. The smallest absolute Gasteiger partial charge is 0.255 e. The summed E-state index contributed by atoms with van der Waals surface area (Å²) in [6.07, 6.45) is 0. The Bertz CT molecular complexity index is 861. The molecule has 0 atom stereocenters. The molecule has 0 aliphatic carbocycles. The van der Waals surface area contributed by atoms with E-state index < -0.39 is 10.0 Å². The van der Waals surface area contributed by atoms with E-state index in [4.69, 9.17) is 11.6 Å². The lowest BCUT2D eigenvalue weighted by atomic mass is 10.2. The molecule has 0 N–H and O–H groups in total. The molecule has 1 fully saturated rings. The fourth-order valence-electron chi connectivity index (χ4n) is 2.50. The van der Waals surface area contributed by atoms with Crippen LogP contribution in [0.5, 0.6) is 0 Å². The van der Waals surface area contributed by atoms with Gasteiger partial charge in [-0.3, -0.25) is 4.79 Å². The number of nitrogens with zero attached hydrogens (tertiary/aromatic N) is 2. The molecule has 0 spiro atoms. The molecular formula is C15H14BrClN2O3S2. The minimum atomic E-state index is -3.54. The summed E-state index contributed by atoms with van der Waals surface area (Å²) in [6.45, 7) is 1.26. The van der Waals surface area contributed by atoms with Crippen LogP contribution < -0.4 is 0 Å². The number of halogens is 2. The van der Waals surface area contributed by atoms with Crippen molar-refractivity contribution in [2.45, 2.75) is 4.21 Å². The van der Waals surface area contributed by atoms with Gasteiger partial charge in [0.2, 0.25) is 0 Å². The first-order chi connectivity index (χ1) is 11.4. The molecule has 1 aromatic heterocycles. The molecule has 1 amide bonds. The first-order valence-electron chi connectivity index (χ1n) is 7.19. The van der Waals surface area contributed by atoms with E-state index in [1.54, 1.807) is 23.1 Å². The van der Waals surface area contributed by atoms with Crippen LogP contribution in [0.25, 0.3) is 0 Å². The van der Waals surface area contributed by atoms with E-state index in [1.807, 2.05) is 12.1 Å². The molecule has 0 radical (unpaired) electrons. The van der Waals surface area contributed by atoms with E-state index in [2.05, 4.69) is 15.9 Å². The van der Waals surface area contributed by atoms with Crippen LogP contribution in [-0.2, 0) is 10.0 Å². The largest absolute Gasteiger partial charge is 0.336 e. The van der Waals surface area contributed by atoms with Crippen molar-refractivity contribution in [2.24, 2.45) is 0 Å². The average Bonchev–Trinajstić information content (AvgIpc) is 3.02. The summed E-state index contributed by atoms with van der Waals surface area (Å²) in [5.41, 5.74) is 0.582. The maximum absolute atomic E-state index is 12.6. The Morgan fingerprint density at radius 1 is 1.08 bits per heavy atom. The summed E-state index contributed by atoms with van der Waals surface area (Å²) in [6, 6.07) is 10.3. The third-order valence-corrected chi connectivity index (χ3v) is 8.06. The van der Waals surface area contributed by atoms with Crippen LogP contribution in [0.1, 0.15) is 10.4 Å². The molecule has 1 aliphatic rings. The molecule has 1 saturated heterocycles. The molecule has 5 nitrogen and oxygen atoms in total. The van der Waals surface area contributed by atoms with Crippen molar-refractivity contribution in [1.82, 2.24) is 9.21 Å². The van der Waals surface area contributed by atoms with E-state index in [1.165, 1.54) is 10.4 Å². The molecule has 3 rings (SSSR count). The zero-order valence-electron chi connectivity index (χ0n) is 12.5. The Balaban J connectivity index is 1.70. The van der Waals surface area contributed by atoms with Gasteiger partial charge < -0.3 is 4.90 Å². The predicted octanol–water partition coefficient (Wildman–Crippen LogP) is 3.31. The molecule has 1 aromatic carbocycles. The number of hydrogen-bond donors (Lipinski definition) is 0. The molecule has 0 saturated carbocycles. The van der Waals surface area contributed by atoms with E-state index in [0.717, 1.165) is 15.8 Å². The van der Waals surface area contributed by atoms with Gasteiger partial charge in [-0.05, 0) is 40.2 Å². The number of carbonyl (C=O) groups is 1. The van der Waals surface area contributed by atoms with Gasteiger partial charge >= 0.3 is 0 Å². The van der Waals surface area contributed by atoms with Crippen molar-refractivity contribution in [2.75, 3.05) is 26.2 Å². The fraction of sp³-hybridized carbons (Fsp3) is 0.267. The third kappa shape index (κ3) is 3.52. The molecule has 0 unspecified atom stereocenters. The van der Waals surface area contributed by atoms with Crippen molar-refractivity contribution in [1.29, 1.82) is 0 Å². The highest BCUT2D eigenvalue weighted by Crippen LogP contribution is 2.29. The SMILES string of the molecule is O=C(c1ccccc1Br)N1CCN(S(=O)(=O)c2ccc(Cl)s2)CC1. The highest BCUT2D eigenvalue weighted by Gasteiger charge is 2.31. The van der Waals surface area contributed by atoms with E-state index in [0.29, 0.717) is 23.0 Å². The van der Waals surface area contributed by atoms with Crippen molar-refractivity contribution in [3.63, 3.8) is 0 Å². The van der Waals surface area contributed by atoms with Gasteiger partial charge in [0.15, 0.2) is 0 Å². The quantitative estimate of drug-likeness (QED) is 0.722. The molecular weight excluding hydrogens is 436 g/mol. The van der Waals surface area contributed by atoms with E-state index in [9.17, 15) is 13.2 Å². The van der Waals surface area contributed by atoms with Gasteiger partial charge in [0, 0.05) is 30.7 Å². The van der Waals surface area contributed by atoms with Gasteiger partial charge in [0.1, 0.15) is 4.21 Å². The molecule has 24 heavy (non-hydrogen) atoms. The molecule has 2 aromatic rings. The van der Waals surface area contributed by atoms with Gasteiger partial charge in [-0.15, -0.1) is 11.3 Å². The van der Waals surface area contributed by atoms with E-state index in [-0.39, 0.29) is 23.2 Å². The van der Waals surface area contributed by atoms with Crippen LogP contribution in [0.2, 0.25) is 4.34 Å². The minimum Gasteiger partial charge on any atom is -0.336 e. The summed E-state index contributed by atoms with van der Waals surface area (Å²) >= 11 is 10.2. The lowest BCUT2D eigenvalue weighted by molar-refractivity contribution is 0.0697. The lowest BCUT2D eigenvalue weighted by Crippen LogP contribution is -2.50. The van der Waals surface area contributed by atoms with Gasteiger partial charge in [-0.1, -0.05) is 23.7 Å².